The second kappa shape index (κ2) is 6.40. The van der Waals surface area contributed by atoms with Gasteiger partial charge in [-0.05, 0) is 17.5 Å². The van der Waals surface area contributed by atoms with E-state index in [2.05, 4.69) is 9.93 Å². The predicted molar refractivity (Wildman–Crippen MR) is 93.3 cm³/mol. The Bertz CT molecular complexity index is 979. The van der Waals surface area contributed by atoms with Gasteiger partial charge in [0.1, 0.15) is 0 Å². The molecule has 0 saturated carbocycles. The summed E-state index contributed by atoms with van der Waals surface area (Å²) < 4.78 is 24.9. The van der Waals surface area contributed by atoms with Gasteiger partial charge in [-0.2, -0.15) is 13.5 Å². The minimum atomic E-state index is -3.76. The summed E-state index contributed by atoms with van der Waals surface area (Å²) in [7, 11) is -3.76. The van der Waals surface area contributed by atoms with Crippen LogP contribution in [0, 0.1) is 0 Å². The number of nitrogens with zero attached hydrogens (tertiary/aromatic N) is 1. The molecule has 23 heavy (non-hydrogen) atoms. The standard InChI is InChI=1S/C17H13ClN2O2S/c18-16-10-4-2-7-14(16)12-19-20-23(21,22)17-11-5-8-13-6-1-3-9-15(13)17/h1-12,20H/b19-12+. The number of hydrogen-bond acceptors (Lipinski definition) is 3. The molecule has 1 N–H and O–H groups in total. The first kappa shape index (κ1) is 15.5. The van der Waals surface area contributed by atoms with Gasteiger partial charge in [-0.1, -0.05) is 66.2 Å². The van der Waals surface area contributed by atoms with Gasteiger partial charge < -0.3 is 0 Å². The second-order valence-electron chi connectivity index (χ2n) is 4.85. The molecule has 0 atom stereocenters. The number of nitrogens with one attached hydrogen (secondary N) is 1. The molecule has 0 bridgehead atoms. The molecule has 0 aromatic heterocycles. The van der Waals surface area contributed by atoms with Crippen molar-refractivity contribution in [3.05, 3.63) is 77.3 Å². The Morgan fingerprint density at radius 1 is 0.913 bits per heavy atom. The maximum absolute atomic E-state index is 12.5. The summed E-state index contributed by atoms with van der Waals surface area (Å²) in [5, 5.41) is 5.81. The third kappa shape index (κ3) is 3.36. The summed E-state index contributed by atoms with van der Waals surface area (Å²) in [5.41, 5.74) is 0.634. The Morgan fingerprint density at radius 2 is 1.61 bits per heavy atom. The molecule has 0 aliphatic rings. The molecule has 3 aromatic rings. The van der Waals surface area contributed by atoms with Gasteiger partial charge in [0.25, 0.3) is 10.0 Å². The van der Waals surface area contributed by atoms with Gasteiger partial charge in [0.2, 0.25) is 0 Å². The third-order valence-corrected chi connectivity index (χ3v) is 4.95. The van der Waals surface area contributed by atoms with Crippen LogP contribution in [0.25, 0.3) is 10.8 Å². The monoisotopic (exact) mass is 344 g/mol. The molecular weight excluding hydrogens is 332 g/mol. The van der Waals surface area contributed by atoms with Crippen molar-refractivity contribution in [1.29, 1.82) is 0 Å². The van der Waals surface area contributed by atoms with Gasteiger partial charge in [0.05, 0.1) is 11.1 Å². The summed E-state index contributed by atoms with van der Waals surface area (Å²) in [4.78, 5) is 2.41. The maximum Gasteiger partial charge on any atom is 0.277 e. The van der Waals surface area contributed by atoms with Crippen LogP contribution in [0.5, 0.6) is 0 Å². The van der Waals surface area contributed by atoms with Crippen molar-refractivity contribution in [2.45, 2.75) is 4.90 Å². The van der Waals surface area contributed by atoms with Gasteiger partial charge in [0.15, 0.2) is 0 Å². The number of sulfonamides is 1. The normalized spacial score (nSPS) is 11.9. The van der Waals surface area contributed by atoms with E-state index in [1.54, 1.807) is 48.5 Å². The van der Waals surface area contributed by atoms with Crippen molar-refractivity contribution >= 4 is 38.6 Å². The molecule has 0 spiro atoms. The summed E-state index contributed by atoms with van der Waals surface area (Å²) in [5.74, 6) is 0. The Balaban J connectivity index is 1.91. The fraction of sp³-hybridized carbons (Fsp3) is 0. The Hall–Kier alpha value is -2.37. The van der Waals surface area contributed by atoms with Crippen molar-refractivity contribution in [3.63, 3.8) is 0 Å². The molecule has 0 radical (unpaired) electrons. The lowest BCUT2D eigenvalue weighted by molar-refractivity contribution is 0.585. The number of rotatable bonds is 4. The second-order valence-corrected chi connectivity index (χ2v) is 6.89. The fourth-order valence-electron chi connectivity index (χ4n) is 2.22. The molecule has 0 unspecified atom stereocenters. The van der Waals surface area contributed by atoms with Crippen LogP contribution in [0.15, 0.2) is 76.7 Å². The topological polar surface area (TPSA) is 58.5 Å². The molecule has 3 rings (SSSR count). The Kier molecular flexibility index (Phi) is 4.32. The summed E-state index contributed by atoms with van der Waals surface area (Å²) in [6.07, 6.45) is 1.38. The van der Waals surface area contributed by atoms with Crippen molar-refractivity contribution in [3.8, 4) is 0 Å². The zero-order chi connectivity index (χ0) is 16.3. The lowest BCUT2D eigenvalue weighted by Crippen LogP contribution is -2.18. The van der Waals surface area contributed by atoms with Crippen molar-refractivity contribution in [2.75, 3.05) is 0 Å². The van der Waals surface area contributed by atoms with Crippen molar-refractivity contribution in [2.24, 2.45) is 5.10 Å². The first-order valence-electron chi connectivity index (χ1n) is 6.85. The first-order valence-corrected chi connectivity index (χ1v) is 8.71. The van der Waals surface area contributed by atoms with Crippen LogP contribution in [0.1, 0.15) is 5.56 Å². The number of halogens is 1. The molecule has 0 aliphatic carbocycles. The lowest BCUT2D eigenvalue weighted by atomic mass is 10.1. The van der Waals surface area contributed by atoms with Crippen LogP contribution in [0.3, 0.4) is 0 Å². The largest absolute Gasteiger partial charge is 0.277 e. The van der Waals surface area contributed by atoms with E-state index in [0.717, 1.165) is 5.39 Å². The van der Waals surface area contributed by atoms with Gasteiger partial charge in [0, 0.05) is 16.0 Å². The minimum absolute atomic E-state index is 0.187. The summed E-state index contributed by atoms with van der Waals surface area (Å²) >= 11 is 6.00. The zero-order valence-electron chi connectivity index (χ0n) is 12.0. The molecule has 0 saturated heterocycles. The molecule has 0 amide bonds. The van der Waals surface area contributed by atoms with E-state index < -0.39 is 10.0 Å². The Labute approximate surface area is 139 Å². The maximum atomic E-state index is 12.5. The highest BCUT2D eigenvalue weighted by molar-refractivity contribution is 7.89. The van der Waals surface area contributed by atoms with E-state index in [0.29, 0.717) is 16.0 Å². The highest BCUT2D eigenvalue weighted by Crippen LogP contribution is 2.22. The van der Waals surface area contributed by atoms with Crippen LogP contribution >= 0.6 is 11.6 Å². The molecule has 0 fully saturated rings. The molecule has 0 heterocycles. The molecule has 0 aliphatic heterocycles. The average molecular weight is 345 g/mol. The van der Waals surface area contributed by atoms with Crippen molar-refractivity contribution < 1.29 is 8.42 Å². The SMILES string of the molecule is O=S(=O)(N/N=C/c1ccccc1Cl)c1cccc2ccccc12. The average Bonchev–Trinajstić information content (AvgIpc) is 2.56. The van der Waals surface area contributed by atoms with E-state index >= 15 is 0 Å². The number of benzene rings is 3. The summed E-state index contributed by atoms with van der Waals surface area (Å²) in [6.45, 7) is 0. The number of hydrazone groups is 1. The minimum Gasteiger partial charge on any atom is -0.200 e. The van der Waals surface area contributed by atoms with E-state index in [4.69, 9.17) is 11.6 Å². The lowest BCUT2D eigenvalue weighted by Gasteiger charge is -2.07. The predicted octanol–water partition coefficient (Wildman–Crippen LogP) is 3.81. The number of fused-ring (bicyclic) bond motifs is 1. The zero-order valence-corrected chi connectivity index (χ0v) is 13.6. The molecule has 4 nitrogen and oxygen atoms in total. The van der Waals surface area contributed by atoms with Crippen LogP contribution < -0.4 is 4.83 Å². The smallest absolute Gasteiger partial charge is 0.200 e. The van der Waals surface area contributed by atoms with Crippen LogP contribution in [-0.4, -0.2) is 14.6 Å². The van der Waals surface area contributed by atoms with Crippen LogP contribution in [0.2, 0.25) is 5.02 Å². The highest BCUT2D eigenvalue weighted by atomic mass is 35.5. The van der Waals surface area contributed by atoms with Crippen LogP contribution in [0.4, 0.5) is 0 Å². The summed E-state index contributed by atoms with van der Waals surface area (Å²) in [6, 6.07) is 19.5. The van der Waals surface area contributed by atoms with Gasteiger partial charge in [-0.3, -0.25) is 0 Å². The first-order chi connectivity index (χ1) is 11.1. The van der Waals surface area contributed by atoms with E-state index in [1.165, 1.54) is 6.21 Å². The fourth-order valence-corrected chi connectivity index (χ4v) is 3.43. The van der Waals surface area contributed by atoms with E-state index in [-0.39, 0.29) is 4.90 Å². The van der Waals surface area contributed by atoms with Gasteiger partial charge in [-0.25, -0.2) is 4.83 Å². The quantitative estimate of drug-likeness (QED) is 0.578. The number of hydrogen-bond donors (Lipinski definition) is 1. The van der Waals surface area contributed by atoms with Crippen LogP contribution in [-0.2, 0) is 10.0 Å². The molecular formula is C17H13ClN2O2S. The molecule has 3 aromatic carbocycles. The molecule has 116 valence electrons. The van der Waals surface area contributed by atoms with E-state index in [1.807, 2.05) is 18.2 Å². The van der Waals surface area contributed by atoms with Crippen molar-refractivity contribution in [1.82, 2.24) is 4.83 Å². The Morgan fingerprint density at radius 3 is 2.43 bits per heavy atom. The van der Waals surface area contributed by atoms with Gasteiger partial charge >= 0.3 is 0 Å². The third-order valence-electron chi connectivity index (χ3n) is 3.32. The highest BCUT2D eigenvalue weighted by Gasteiger charge is 2.15. The van der Waals surface area contributed by atoms with Gasteiger partial charge in [-0.15, -0.1) is 0 Å². The molecule has 6 heteroatoms. The van der Waals surface area contributed by atoms with E-state index in [9.17, 15) is 8.42 Å².